The maximum atomic E-state index is 5.97. The molecule has 0 atom stereocenters. The van der Waals surface area contributed by atoms with Crippen molar-refractivity contribution >= 4 is 29.8 Å². The molecule has 0 fully saturated rings. The number of benzene rings is 2. The molecule has 0 saturated carbocycles. The lowest BCUT2D eigenvalue weighted by Gasteiger charge is -2.08. The van der Waals surface area contributed by atoms with E-state index in [-0.39, 0.29) is 18.4 Å². The van der Waals surface area contributed by atoms with Gasteiger partial charge in [0, 0.05) is 16.8 Å². The van der Waals surface area contributed by atoms with Crippen LogP contribution in [0.15, 0.2) is 64.8 Å². The second-order valence-corrected chi connectivity index (χ2v) is 3.93. The number of hydrogen-bond donors (Lipinski definition) is 3. The molecule has 6 N–H and O–H groups in total. The zero-order chi connectivity index (χ0) is 13.7. The molecule has 0 radical (unpaired) electrons. The van der Waals surface area contributed by atoms with Gasteiger partial charge in [0.1, 0.15) is 5.71 Å². The highest BCUT2D eigenvalue weighted by Gasteiger charge is 2.09. The van der Waals surface area contributed by atoms with E-state index in [1.165, 1.54) is 0 Å². The van der Waals surface area contributed by atoms with Crippen LogP contribution in [0.1, 0.15) is 11.1 Å². The second kappa shape index (κ2) is 7.16. The Bertz CT molecular complexity index is 618. The Morgan fingerprint density at radius 2 is 1.40 bits per heavy atom. The van der Waals surface area contributed by atoms with Crippen LogP contribution in [0.25, 0.3) is 0 Å². The molecular formula is C14H16ClN5. The van der Waals surface area contributed by atoms with Gasteiger partial charge in [-0.3, -0.25) is 0 Å². The molecule has 0 aliphatic heterocycles. The first-order valence-electron chi connectivity index (χ1n) is 5.75. The van der Waals surface area contributed by atoms with Crippen molar-refractivity contribution in [1.29, 1.82) is 0 Å². The molecule has 0 aliphatic rings. The Hall–Kier alpha value is -2.53. The van der Waals surface area contributed by atoms with Crippen molar-refractivity contribution in [2.75, 3.05) is 5.73 Å². The van der Waals surface area contributed by atoms with Crippen molar-refractivity contribution in [3.05, 3.63) is 65.7 Å². The highest BCUT2D eigenvalue weighted by molar-refractivity contribution is 6.15. The number of anilines is 1. The number of nitrogens with two attached hydrogens (primary N) is 3. The average Bonchev–Trinajstić information content (AvgIpc) is 2.42. The summed E-state index contributed by atoms with van der Waals surface area (Å²) in [5.74, 6) is -0.0945. The number of nitrogens with zero attached hydrogens (tertiary/aromatic N) is 2. The fraction of sp³-hybridized carbons (Fsp3) is 0. The molecule has 2 aromatic rings. The molecular weight excluding hydrogens is 274 g/mol. The standard InChI is InChI=1S/C14H15N5.ClH/c15-12-9-5-4-8-11(12)13(18-19-14(16)17)10-6-2-1-3-7-10;/h1-9H,15H2,(H4,16,17,19);1H/b18-13-;. The largest absolute Gasteiger partial charge is 0.398 e. The minimum absolute atomic E-state index is 0. The van der Waals surface area contributed by atoms with Crippen LogP contribution >= 0.6 is 12.4 Å². The van der Waals surface area contributed by atoms with Crippen LogP contribution in [0.2, 0.25) is 0 Å². The Balaban J connectivity index is 0.00000200. The summed E-state index contributed by atoms with van der Waals surface area (Å²) >= 11 is 0. The number of para-hydroxylation sites is 1. The molecule has 0 bridgehead atoms. The molecule has 2 rings (SSSR count). The third-order valence-corrected chi connectivity index (χ3v) is 2.53. The lowest BCUT2D eigenvalue weighted by Crippen LogP contribution is -2.22. The van der Waals surface area contributed by atoms with E-state index < -0.39 is 0 Å². The number of guanidine groups is 1. The third-order valence-electron chi connectivity index (χ3n) is 2.53. The summed E-state index contributed by atoms with van der Waals surface area (Å²) in [6, 6.07) is 17.0. The first-order chi connectivity index (χ1) is 9.18. The first kappa shape index (κ1) is 15.5. The smallest absolute Gasteiger partial charge is 0.211 e. The van der Waals surface area contributed by atoms with Crippen LogP contribution < -0.4 is 17.2 Å². The van der Waals surface area contributed by atoms with Gasteiger partial charge in [0.2, 0.25) is 5.96 Å². The zero-order valence-electron chi connectivity index (χ0n) is 10.7. The second-order valence-electron chi connectivity index (χ2n) is 3.93. The monoisotopic (exact) mass is 289 g/mol. The molecule has 0 spiro atoms. The molecule has 104 valence electrons. The summed E-state index contributed by atoms with van der Waals surface area (Å²) in [5, 5.41) is 7.82. The number of halogens is 1. The maximum Gasteiger partial charge on any atom is 0.211 e. The van der Waals surface area contributed by atoms with E-state index in [1.807, 2.05) is 54.6 Å². The van der Waals surface area contributed by atoms with Gasteiger partial charge in [0.25, 0.3) is 0 Å². The first-order valence-corrected chi connectivity index (χ1v) is 5.75. The Morgan fingerprint density at radius 1 is 0.800 bits per heavy atom. The van der Waals surface area contributed by atoms with Crippen LogP contribution in [0.4, 0.5) is 5.69 Å². The lowest BCUT2D eigenvalue weighted by molar-refractivity contribution is 1.20. The molecule has 0 aromatic heterocycles. The van der Waals surface area contributed by atoms with Crippen LogP contribution in [-0.2, 0) is 0 Å². The fourth-order valence-electron chi connectivity index (χ4n) is 1.68. The molecule has 0 unspecified atom stereocenters. The van der Waals surface area contributed by atoms with Gasteiger partial charge in [-0.15, -0.1) is 22.6 Å². The highest BCUT2D eigenvalue weighted by Crippen LogP contribution is 2.17. The fourth-order valence-corrected chi connectivity index (χ4v) is 1.68. The molecule has 0 saturated heterocycles. The summed E-state index contributed by atoms with van der Waals surface area (Å²) in [7, 11) is 0. The summed E-state index contributed by atoms with van der Waals surface area (Å²) in [5.41, 5.74) is 19.6. The zero-order valence-corrected chi connectivity index (χ0v) is 11.5. The topological polar surface area (TPSA) is 103 Å². The van der Waals surface area contributed by atoms with E-state index in [0.717, 1.165) is 11.1 Å². The van der Waals surface area contributed by atoms with E-state index in [2.05, 4.69) is 10.2 Å². The van der Waals surface area contributed by atoms with Gasteiger partial charge < -0.3 is 17.2 Å². The Labute approximate surface area is 123 Å². The van der Waals surface area contributed by atoms with Crippen LogP contribution in [-0.4, -0.2) is 11.7 Å². The molecule has 0 heterocycles. The van der Waals surface area contributed by atoms with E-state index in [9.17, 15) is 0 Å². The maximum absolute atomic E-state index is 5.97. The SMILES string of the molecule is Cl.NC(N)=N/N=C(/c1ccccc1)c1ccccc1N. The normalized spacial score (nSPS) is 10.5. The van der Waals surface area contributed by atoms with Crippen molar-refractivity contribution in [1.82, 2.24) is 0 Å². The predicted molar refractivity (Wildman–Crippen MR) is 86.0 cm³/mol. The van der Waals surface area contributed by atoms with Gasteiger partial charge in [-0.05, 0) is 6.07 Å². The third kappa shape index (κ3) is 3.73. The van der Waals surface area contributed by atoms with Gasteiger partial charge in [0.05, 0.1) is 0 Å². The van der Waals surface area contributed by atoms with Gasteiger partial charge in [-0.2, -0.15) is 0 Å². The lowest BCUT2D eigenvalue weighted by atomic mass is 10.0. The predicted octanol–water partition coefficient (Wildman–Crippen LogP) is 1.72. The molecule has 6 heteroatoms. The van der Waals surface area contributed by atoms with Crippen molar-refractivity contribution < 1.29 is 0 Å². The minimum atomic E-state index is -0.0945. The van der Waals surface area contributed by atoms with Gasteiger partial charge in [-0.1, -0.05) is 48.5 Å². The number of rotatable bonds is 3. The molecule has 0 amide bonds. The highest BCUT2D eigenvalue weighted by atomic mass is 35.5. The molecule has 5 nitrogen and oxygen atoms in total. The summed E-state index contributed by atoms with van der Waals surface area (Å²) < 4.78 is 0. The summed E-state index contributed by atoms with van der Waals surface area (Å²) in [6.07, 6.45) is 0. The summed E-state index contributed by atoms with van der Waals surface area (Å²) in [6.45, 7) is 0. The molecule has 0 aliphatic carbocycles. The van der Waals surface area contributed by atoms with E-state index in [1.54, 1.807) is 0 Å². The number of nitrogen functional groups attached to an aromatic ring is 1. The van der Waals surface area contributed by atoms with E-state index in [4.69, 9.17) is 17.2 Å². The molecule has 2 aromatic carbocycles. The number of hydrogen-bond acceptors (Lipinski definition) is 3. The van der Waals surface area contributed by atoms with Crippen LogP contribution in [0.3, 0.4) is 0 Å². The van der Waals surface area contributed by atoms with Crippen molar-refractivity contribution in [3.8, 4) is 0 Å². The van der Waals surface area contributed by atoms with Crippen molar-refractivity contribution in [2.24, 2.45) is 21.7 Å². The summed E-state index contributed by atoms with van der Waals surface area (Å²) in [4.78, 5) is 0. The van der Waals surface area contributed by atoms with Gasteiger partial charge in [0.15, 0.2) is 0 Å². The van der Waals surface area contributed by atoms with Gasteiger partial charge >= 0.3 is 0 Å². The van der Waals surface area contributed by atoms with Gasteiger partial charge in [-0.25, -0.2) is 0 Å². The van der Waals surface area contributed by atoms with Crippen molar-refractivity contribution in [2.45, 2.75) is 0 Å². The van der Waals surface area contributed by atoms with E-state index in [0.29, 0.717) is 11.4 Å². The quantitative estimate of drug-likeness (QED) is 0.347. The van der Waals surface area contributed by atoms with Crippen LogP contribution in [0, 0.1) is 0 Å². The van der Waals surface area contributed by atoms with E-state index >= 15 is 0 Å². The Kier molecular flexibility index (Phi) is 5.56. The average molecular weight is 290 g/mol. The minimum Gasteiger partial charge on any atom is -0.398 e. The Morgan fingerprint density at radius 3 is 2.00 bits per heavy atom. The van der Waals surface area contributed by atoms with Crippen LogP contribution in [0.5, 0.6) is 0 Å². The molecule has 20 heavy (non-hydrogen) atoms. The van der Waals surface area contributed by atoms with Crippen molar-refractivity contribution in [3.63, 3.8) is 0 Å².